The molecule has 4 heteroatoms. The molecule has 2 heterocycles. The predicted molar refractivity (Wildman–Crippen MR) is 96.0 cm³/mol. The van der Waals surface area contributed by atoms with Gasteiger partial charge in [0.1, 0.15) is 5.75 Å². The number of thiophene rings is 1. The first-order chi connectivity index (χ1) is 11.3. The lowest BCUT2D eigenvalue weighted by Gasteiger charge is -2.33. The topological polar surface area (TPSA) is 46.5 Å². The first-order valence-corrected chi connectivity index (χ1v) is 8.77. The van der Waals surface area contributed by atoms with E-state index in [1.54, 1.807) is 0 Å². The molecule has 0 fully saturated rings. The molecule has 1 aliphatic heterocycles. The second-order valence-electron chi connectivity index (χ2n) is 6.73. The van der Waals surface area contributed by atoms with Crippen molar-refractivity contribution in [3.63, 3.8) is 0 Å². The van der Waals surface area contributed by atoms with E-state index in [1.807, 2.05) is 19.1 Å². The van der Waals surface area contributed by atoms with Gasteiger partial charge < -0.3 is 9.84 Å². The number of carbonyl (C=O) groups is 1. The number of hydrogen-bond acceptors (Lipinski definition) is 3. The fraction of sp³-hybridized carbons (Fsp3) is 0.350. The minimum absolute atomic E-state index is 0.0513. The number of aliphatic carboxylic acids is 1. The van der Waals surface area contributed by atoms with Crippen molar-refractivity contribution in [2.45, 2.75) is 39.0 Å². The number of fused-ring (bicyclic) bond motifs is 1. The van der Waals surface area contributed by atoms with Crippen molar-refractivity contribution < 1.29 is 14.6 Å². The molecule has 0 saturated heterocycles. The molecule has 3 rings (SSSR count). The summed E-state index contributed by atoms with van der Waals surface area (Å²) >= 11 is 1.44. The van der Waals surface area contributed by atoms with Crippen molar-refractivity contribution in [2.24, 2.45) is 0 Å². The molecule has 1 aliphatic rings. The van der Waals surface area contributed by atoms with Crippen LogP contribution in [-0.4, -0.2) is 17.7 Å². The zero-order valence-electron chi connectivity index (χ0n) is 14.1. The van der Waals surface area contributed by atoms with Crippen molar-refractivity contribution in [3.8, 4) is 17.6 Å². The number of benzene rings is 1. The van der Waals surface area contributed by atoms with Crippen molar-refractivity contribution in [2.75, 3.05) is 6.61 Å². The van der Waals surface area contributed by atoms with Crippen LogP contribution in [0.15, 0.2) is 24.3 Å². The fourth-order valence-electron chi connectivity index (χ4n) is 2.83. The number of carboxylic acids is 1. The smallest absolute Gasteiger partial charge is 0.308 e. The molecule has 1 N–H and O–H groups in total. The van der Waals surface area contributed by atoms with Gasteiger partial charge in [-0.2, -0.15) is 0 Å². The number of hydrogen-bond donors (Lipinski definition) is 1. The van der Waals surface area contributed by atoms with Gasteiger partial charge in [-0.15, -0.1) is 11.3 Å². The van der Waals surface area contributed by atoms with E-state index >= 15 is 0 Å². The summed E-state index contributed by atoms with van der Waals surface area (Å²) in [5, 5.41) is 8.84. The summed E-state index contributed by atoms with van der Waals surface area (Å²) < 4.78 is 5.80. The van der Waals surface area contributed by atoms with E-state index in [9.17, 15) is 4.79 Å². The average molecular weight is 340 g/mol. The highest BCUT2D eigenvalue weighted by molar-refractivity contribution is 7.12. The Morgan fingerprint density at radius 3 is 2.88 bits per heavy atom. The second-order valence-corrected chi connectivity index (χ2v) is 7.90. The molecule has 0 atom stereocenters. The van der Waals surface area contributed by atoms with Gasteiger partial charge >= 0.3 is 5.97 Å². The maximum atomic E-state index is 10.8. The fourth-order valence-corrected chi connectivity index (χ4v) is 3.69. The summed E-state index contributed by atoms with van der Waals surface area (Å²) in [6, 6.07) is 7.93. The Morgan fingerprint density at radius 2 is 2.12 bits per heavy atom. The lowest BCUT2D eigenvalue weighted by Crippen LogP contribution is -2.26. The zero-order valence-corrected chi connectivity index (χ0v) is 14.9. The van der Waals surface area contributed by atoms with Crippen LogP contribution in [0.1, 0.15) is 46.7 Å². The van der Waals surface area contributed by atoms with Crippen LogP contribution in [0, 0.1) is 18.8 Å². The number of rotatable bonds is 2. The highest BCUT2D eigenvalue weighted by Crippen LogP contribution is 2.39. The van der Waals surface area contributed by atoms with Gasteiger partial charge in [0, 0.05) is 16.0 Å². The molecule has 0 spiro atoms. The number of aryl methyl sites for hydroxylation is 1. The van der Waals surface area contributed by atoms with E-state index in [1.165, 1.54) is 16.9 Å². The molecule has 2 aromatic rings. The number of ether oxygens (including phenoxy) is 1. The van der Waals surface area contributed by atoms with Crippen LogP contribution in [0.3, 0.4) is 0 Å². The molecule has 0 bridgehead atoms. The molecule has 3 nitrogen and oxygen atoms in total. The summed E-state index contributed by atoms with van der Waals surface area (Å²) in [4.78, 5) is 12.5. The van der Waals surface area contributed by atoms with Crippen LogP contribution in [-0.2, 0) is 16.6 Å². The first kappa shape index (κ1) is 16.6. The highest BCUT2D eigenvalue weighted by atomic mass is 32.1. The molecule has 1 aromatic heterocycles. The van der Waals surface area contributed by atoms with E-state index in [-0.39, 0.29) is 11.8 Å². The Balaban J connectivity index is 1.91. The molecule has 0 amide bonds. The van der Waals surface area contributed by atoms with Crippen LogP contribution >= 0.6 is 11.3 Å². The van der Waals surface area contributed by atoms with Gasteiger partial charge in [0.05, 0.1) is 17.9 Å². The van der Waals surface area contributed by atoms with Crippen LogP contribution in [0.25, 0.3) is 0 Å². The molecule has 24 heavy (non-hydrogen) atoms. The van der Waals surface area contributed by atoms with Gasteiger partial charge in [0.2, 0.25) is 0 Å². The van der Waals surface area contributed by atoms with E-state index < -0.39 is 5.97 Å². The third kappa shape index (κ3) is 3.47. The van der Waals surface area contributed by atoms with Crippen molar-refractivity contribution >= 4 is 17.3 Å². The molecule has 1 aromatic carbocycles. The third-order valence-corrected chi connectivity index (χ3v) is 5.35. The predicted octanol–water partition coefficient (Wildman–Crippen LogP) is 4.14. The SMILES string of the molecule is Cc1cc2c(cc1C#Cc1ccc(CC(=O)O)s1)C(C)(C)CCO2. The van der Waals surface area contributed by atoms with E-state index in [4.69, 9.17) is 9.84 Å². The normalized spacial score (nSPS) is 15.0. The molecular formula is C20H20O3S. The Labute approximate surface area is 146 Å². The maximum absolute atomic E-state index is 10.8. The minimum Gasteiger partial charge on any atom is -0.493 e. The standard InChI is InChI=1S/C20H20O3S/c1-13-10-18-17(20(2,3)8-9-23-18)11-14(13)4-5-15-6-7-16(24-15)12-19(21)22/h6-7,10-11H,8-9,12H2,1-3H3,(H,21,22). The summed E-state index contributed by atoms with van der Waals surface area (Å²) in [6.07, 6.45) is 1.05. The molecule has 0 unspecified atom stereocenters. The van der Waals surface area contributed by atoms with Gasteiger partial charge in [0.25, 0.3) is 0 Å². The monoisotopic (exact) mass is 340 g/mol. The zero-order chi connectivity index (χ0) is 17.3. The lowest BCUT2D eigenvalue weighted by molar-refractivity contribution is -0.136. The van der Waals surface area contributed by atoms with E-state index in [2.05, 4.69) is 37.8 Å². The Bertz CT molecular complexity index is 849. The molecule has 0 saturated carbocycles. The van der Waals surface area contributed by atoms with Gasteiger partial charge in [-0.1, -0.05) is 25.7 Å². The average Bonchev–Trinajstić information content (AvgIpc) is 2.92. The van der Waals surface area contributed by atoms with E-state index in [0.29, 0.717) is 0 Å². The summed E-state index contributed by atoms with van der Waals surface area (Å²) in [6.45, 7) is 7.27. The van der Waals surface area contributed by atoms with Gasteiger partial charge in [-0.05, 0) is 48.6 Å². The quantitative estimate of drug-likeness (QED) is 0.836. The van der Waals surface area contributed by atoms with E-state index in [0.717, 1.165) is 39.7 Å². The first-order valence-electron chi connectivity index (χ1n) is 7.95. The van der Waals surface area contributed by atoms with Crippen molar-refractivity contribution in [1.29, 1.82) is 0 Å². The van der Waals surface area contributed by atoms with Gasteiger partial charge in [-0.25, -0.2) is 0 Å². The van der Waals surface area contributed by atoms with Crippen LogP contribution in [0.5, 0.6) is 5.75 Å². The number of carboxylic acid groups (broad SMARTS) is 1. The third-order valence-electron chi connectivity index (χ3n) is 4.35. The largest absolute Gasteiger partial charge is 0.493 e. The van der Waals surface area contributed by atoms with Crippen LogP contribution in [0.2, 0.25) is 0 Å². The maximum Gasteiger partial charge on any atom is 0.308 e. The lowest BCUT2D eigenvalue weighted by atomic mass is 9.78. The molecule has 124 valence electrons. The molecular weight excluding hydrogens is 320 g/mol. The van der Waals surface area contributed by atoms with Gasteiger partial charge in [-0.3, -0.25) is 4.79 Å². The summed E-state index contributed by atoms with van der Waals surface area (Å²) in [7, 11) is 0. The van der Waals surface area contributed by atoms with Crippen LogP contribution in [0.4, 0.5) is 0 Å². The van der Waals surface area contributed by atoms with Crippen LogP contribution < -0.4 is 4.74 Å². The minimum atomic E-state index is -0.816. The molecule has 0 radical (unpaired) electrons. The summed E-state index contributed by atoms with van der Waals surface area (Å²) in [5.41, 5.74) is 3.40. The van der Waals surface area contributed by atoms with Gasteiger partial charge in [0.15, 0.2) is 0 Å². The Kier molecular flexibility index (Phi) is 4.38. The summed E-state index contributed by atoms with van der Waals surface area (Å²) in [5.74, 6) is 6.56. The van der Waals surface area contributed by atoms with Crippen molar-refractivity contribution in [3.05, 3.63) is 50.7 Å². The Morgan fingerprint density at radius 1 is 1.33 bits per heavy atom. The molecule has 0 aliphatic carbocycles. The second kappa shape index (κ2) is 6.33. The Hall–Kier alpha value is -2.25. The van der Waals surface area contributed by atoms with Crippen molar-refractivity contribution in [1.82, 2.24) is 0 Å². The highest BCUT2D eigenvalue weighted by Gasteiger charge is 2.29.